The van der Waals surface area contributed by atoms with Crippen molar-refractivity contribution in [2.24, 2.45) is 0 Å². The van der Waals surface area contributed by atoms with Crippen LogP contribution in [-0.4, -0.2) is 23.3 Å². The Bertz CT molecular complexity index is 1790. The second-order valence-corrected chi connectivity index (χ2v) is 9.25. The summed E-state index contributed by atoms with van der Waals surface area (Å²) < 4.78 is 7.45. The molecule has 6 rings (SSSR count). The van der Waals surface area contributed by atoms with Crippen LogP contribution in [0.5, 0.6) is 0 Å². The highest BCUT2D eigenvalue weighted by molar-refractivity contribution is 5.72. The fourth-order valence-corrected chi connectivity index (χ4v) is 4.82. The van der Waals surface area contributed by atoms with Crippen molar-refractivity contribution in [2.75, 3.05) is 0 Å². The standard InChI is InChI=1S/C28H25N6O2/c1-18-8-10-25-29-21(12-27(35)33(25)14-18)16-31-20(3)32(24-7-5-4-6-23(24)31)17-22-13-28(36)34-15-19(2)9-11-26(34)30-22/h4-15H,16-17H2,1-3H3/q+1. The lowest BCUT2D eigenvalue weighted by Crippen LogP contribution is -2.38. The molecule has 0 fully saturated rings. The average Bonchev–Trinajstić information content (AvgIpc) is 3.11. The van der Waals surface area contributed by atoms with Crippen molar-refractivity contribution in [2.45, 2.75) is 33.9 Å². The molecule has 0 radical (unpaired) electrons. The van der Waals surface area contributed by atoms with Gasteiger partial charge in [-0.05, 0) is 49.2 Å². The number of rotatable bonds is 4. The third-order valence-corrected chi connectivity index (χ3v) is 6.61. The van der Waals surface area contributed by atoms with E-state index in [1.54, 1.807) is 33.3 Å². The summed E-state index contributed by atoms with van der Waals surface area (Å²) in [6, 6.07) is 18.9. The molecule has 0 aliphatic rings. The summed E-state index contributed by atoms with van der Waals surface area (Å²) in [6.45, 7) is 6.84. The summed E-state index contributed by atoms with van der Waals surface area (Å²) in [5.74, 6) is 0.980. The van der Waals surface area contributed by atoms with Crippen molar-refractivity contribution in [1.29, 1.82) is 0 Å². The zero-order valence-corrected chi connectivity index (χ0v) is 20.3. The number of benzene rings is 1. The highest BCUT2D eigenvalue weighted by atomic mass is 16.1. The van der Waals surface area contributed by atoms with E-state index in [9.17, 15) is 9.59 Å². The lowest BCUT2D eigenvalue weighted by atomic mass is 10.3. The van der Waals surface area contributed by atoms with E-state index in [-0.39, 0.29) is 11.1 Å². The number of aromatic nitrogens is 6. The van der Waals surface area contributed by atoms with Crippen LogP contribution in [0, 0.1) is 20.8 Å². The van der Waals surface area contributed by atoms with Crippen LogP contribution in [0.3, 0.4) is 0 Å². The van der Waals surface area contributed by atoms with Crippen LogP contribution in [0.4, 0.5) is 0 Å². The number of para-hydroxylation sites is 2. The Morgan fingerprint density at radius 2 is 1.33 bits per heavy atom. The zero-order chi connectivity index (χ0) is 25.0. The molecule has 0 aliphatic carbocycles. The minimum Gasteiger partial charge on any atom is -0.269 e. The monoisotopic (exact) mass is 477 g/mol. The minimum absolute atomic E-state index is 0.100. The summed E-state index contributed by atoms with van der Waals surface area (Å²) in [6.07, 6.45) is 3.61. The number of pyridine rings is 2. The fraction of sp³-hybridized carbons (Fsp3) is 0.179. The number of imidazole rings is 1. The molecule has 178 valence electrons. The molecule has 5 aromatic heterocycles. The molecule has 8 nitrogen and oxygen atoms in total. The molecule has 0 spiro atoms. The predicted octanol–water partition coefficient (Wildman–Crippen LogP) is 2.97. The topological polar surface area (TPSA) is 77.5 Å². The maximum atomic E-state index is 12.8. The Balaban J connectivity index is 1.45. The van der Waals surface area contributed by atoms with E-state index in [2.05, 4.69) is 21.3 Å². The van der Waals surface area contributed by atoms with Gasteiger partial charge in [-0.3, -0.25) is 18.4 Å². The first-order valence-electron chi connectivity index (χ1n) is 11.8. The first-order valence-corrected chi connectivity index (χ1v) is 11.8. The highest BCUT2D eigenvalue weighted by Gasteiger charge is 2.23. The Morgan fingerprint density at radius 1 is 0.750 bits per heavy atom. The van der Waals surface area contributed by atoms with E-state index < -0.39 is 0 Å². The molecule has 6 aromatic rings. The van der Waals surface area contributed by atoms with Crippen molar-refractivity contribution < 1.29 is 4.57 Å². The molecule has 0 aliphatic heterocycles. The fourth-order valence-electron chi connectivity index (χ4n) is 4.82. The van der Waals surface area contributed by atoms with Gasteiger partial charge in [0.2, 0.25) is 0 Å². The SMILES string of the molecule is Cc1ccc2nc(Cn3c(C)[n+](Cc4cc(=O)n5cc(C)ccc5n4)c4ccccc43)cc(=O)n2c1. The number of hydrogen-bond donors (Lipinski definition) is 0. The van der Waals surface area contributed by atoms with Crippen molar-refractivity contribution in [3.05, 3.63) is 122 Å². The molecule has 0 N–H and O–H groups in total. The molecular weight excluding hydrogens is 452 g/mol. The number of fused-ring (bicyclic) bond motifs is 3. The maximum Gasteiger partial charge on any atom is 0.258 e. The van der Waals surface area contributed by atoms with Gasteiger partial charge in [-0.1, -0.05) is 24.3 Å². The molecular formula is C28H25N6O2+. The van der Waals surface area contributed by atoms with E-state index in [0.29, 0.717) is 35.8 Å². The van der Waals surface area contributed by atoms with E-state index >= 15 is 0 Å². The lowest BCUT2D eigenvalue weighted by Gasteiger charge is -2.06. The quantitative estimate of drug-likeness (QED) is 0.366. The van der Waals surface area contributed by atoms with Crippen LogP contribution < -0.4 is 15.7 Å². The molecule has 36 heavy (non-hydrogen) atoms. The molecule has 0 unspecified atom stereocenters. The number of nitrogens with zero attached hydrogens (tertiary/aromatic N) is 6. The van der Waals surface area contributed by atoms with Crippen molar-refractivity contribution in [1.82, 2.24) is 23.3 Å². The molecule has 1 aromatic carbocycles. The number of hydrogen-bond acceptors (Lipinski definition) is 4. The van der Waals surface area contributed by atoms with E-state index in [4.69, 9.17) is 9.97 Å². The van der Waals surface area contributed by atoms with E-state index in [0.717, 1.165) is 28.0 Å². The normalized spacial score (nSPS) is 11.6. The predicted molar refractivity (Wildman–Crippen MR) is 137 cm³/mol. The Labute approximate surface area is 206 Å². The lowest BCUT2D eigenvalue weighted by molar-refractivity contribution is -0.670. The third-order valence-electron chi connectivity index (χ3n) is 6.61. The molecule has 0 saturated heterocycles. The van der Waals surface area contributed by atoms with Gasteiger partial charge in [-0.2, -0.15) is 0 Å². The first-order chi connectivity index (χ1) is 17.4. The molecule has 0 atom stereocenters. The molecule has 0 bridgehead atoms. The first kappa shape index (κ1) is 21.9. The molecule has 0 amide bonds. The molecule has 0 saturated carbocycles. The van der Waals surface area contributed by atoms with Crippen LogP contribution in [0.2, 0.25) is 0 Å². The van der Waals surface area contributed by atoms with Crippen LogP contribution in [-0.2, 0) is 13.1 Å². The van der Waals surface area contributed by atoms with Gasteiger partial charge >= 0.3 is 0 Å². The number of aryl methyl sites for hydroxylation is 2. The summed E-state index contributed by atoms with van der Waals surface area (Å²) in [5, 5.41) is 0. The Kier molecular flexibility index (Phi) is 5.03. The minimum atomic E-state index is -0.100. The van der Waals surface area contributed by atoms with Gasteiger partial charge in [0.05, 0.1) is 11.4 Å². The van der Waals surface area contributed by atoms with Gasteiger partial charge < -0.3 is 0 Å². The average molecular weight is 478 g/mol. The largest absolute Gasteiger partial charge is 0.269 e. The summed E-state index contributed by atoms with van der Waals surface area (Å²) in [5.41, 5.74) is 6.49. The van der Waals surface area contributed by atoms with Crippen LogP contribution in [0.25, 0.3) is 22.3 Å². The summed E-state index contributed by atoms with van der Waals surface area (Å²) >= 11 is 0. The van der Waals surface area contributed by atoms with Gasteiger partial charge in [-0.15, -0.1) is 0 Å². The van der Waals surface area contributed by atoms with E-state index in [1.165, 1.54) is 0 Å². The molecule has 8 heteroatoms. The Hall–Kier alpha value is -4.59. The smallest absolute Gasteiger partial charge is 0.258 e. The van der Waals surface area contributed by atoms with Gasteiger partial charge in [0.15, 0.2) is 11.0 Å². The second-order valence-electron chi connectivity index (χ2n) is 9.25. The maximum absolute atomic E-state index is 12.8. The van der Waals surface area contributed by atoms with Crippen molar-refractivity contribution in [3.63, 3.8) is 0 Å². The zero-order valence-electron chi connectivity index (χ0n) is 20.3. The van der Waals surface area contributed by atoms with Crippen LogP contribution in [0.15, 0.2) is 82.6 Å². The van der Waals surface area contributed by atoms with Crippen LogP contribution >= 0.6 is 0 Å². The summed E-state index contributed by atoms with van der Waals surface area (Å²) in [7, 11) is 0. The van der Waals surface area contributed by atoms with Crippen molar-refractivity contribution in [3.8, 4) is 0 Å². The third kappa shape index (κ3) is 3.67. The van der Waals surface area contributed by atoms with Gasteiger partial charge in [0.25, 0.3) is 16.9 Å². The second kappa shape index (κ2) is 8.27. The van der Waals surface area contributed by atoms with Crippen LogP contribution in [0.1, 0.15) is 28.3 Å². The van der Waals surface area contributed by atoms with E-state index in [1.807, 2.05) is 57.2 Å². The van der Waals surface area contributed by atoms with Gasteiger partial charge in [-0.25, -0.2) is 19.1 Å². The highest BCUT2D eigenvalue weighted by Crippen LogP contribution is 2.17. The van der Waals surface area contributed by atoms with Gasteiger partial charge in [0.1, 0.15) is 24.4 Å². The molecule has 5 heterocycles. The Morgan fingerprint density at radius 3 is 2.00 bits per heavy atom. The van der Waals surface area contributed by atoms with Crippen molar-refractivity contribution >= 4 is 22.3 Å². The summed E-state index contributed by atoms with van der Waals surface area (Å²) in [4.78, 5) is 35.0. The van der Waals surface area contributed by atoms with Gasteiger partial charge in [0, 0.05) is 31.5 Å².